The molecular weight excluding hydrogens is 452 g/mol. The van der Waals surface area contributed by atoms with E-state index in [1.54, 1.807) is 4.90 Å². The number of ether oxygens (including phenoxy) is 1. The van der Waals surface area contributed by atoms with Gasteiger partial charge in [-0.15, -0.1) is 0 Å². The zero-order valence-corrected chi connectivity index (χ0v) is 22.5. The van der Waals surface area contributed by atoms with E-state index in [4.69, 9.17) is 14.9 Å². The maximum absolute atomic E-state index is 13.0. The minimum atomic E-state index is -0.799. The summed E-state index contributed by atoms with van der Waals surface area (Å²) < 4.78 is 6.04. The van der Waals surface area contributed by atoms with E-state index in [0.717, 1.165) is 19.3 Å². The number of nitrogens with zero attached hydrogens (tertiary/aromatic N) is 2. The summed E-state index contributed by atoms with van der Waals surface area (Å²) >= 11 is 0. The van der Waals surface area contributed by atoms with Crippen molar-refractivity contribution in [3.05, 3.63) is 0 Å². The molecule has 0 heterocycles. The molecule has 0 fully saturated rings. The summed E-state index contributed by atoms with van der Waals surface area (Å²) in [6.45, 7) is 8.19. The Hall–Kier alpha value is -1.71. The van der Waals surface area contributed by atoms with Crippen LogP contribution in [0.5, 0.6) is 0 Å². The summed E-state index contributed by atoms with van der Waals surface area (Å²) in [5.41, 5.74) is -0.799. The van der Waals surface area contributed by atoms with Gasteiger partial charge in [-0.2, -0.15) is 0 Å². The van der Waals surface area contributed by atoms with Crippen LogP contribution < -0.4 is 0 Å². The van der Waals surface area contributed by atoms with Crippen LogP contribution in [0.1, 0.15) is 91.9 Å². The molecule has 0 aromatic heterocycles. The summed E-state index contributed by atoms with van der Waals surface area (Å²) in [5.74, 6) is -0.670. The van der Waals surface area contributed by atoms with Crippen molar-refractivity contribution in [3.63, 3.8) is 0 Å². The largest absolute Gasteiger partial charge is 0.457 e. The Morgan fingerprint density at radius 1 is 0.771 bits per heavy atom. The lowest BCUT2D eigenvalue weighted by Gasteiger charge is -2.37. The number of hydrogen-bond donors (Lipinski definition) is 3. The minimum Gasteiger partial charge on any atom is -0.457 e. The van der Waals surface area contributed by atoms with Crippen LogP contribution >= 0.6 is 0 Å². The van der Waals surface area contributed by atoms with Crippen LogP contribution in [0.25, 0.3) is 0 Å². The molecule has 0 spiro atoms. The van der Waals surface area contributed by atoms with Crippen LogP contribution in [-0.4, -0.2) is 94.5 Å². The first kappa shape index (κ1) is 33.3. The Bertz CT molecular complexity index is 590. The van der Waals surface area contributed by atoms with E-state index in [-0.39, 0.29) is 82.5 Å². The van der Waals surface area contributed by atoms with Crippen LogP contribution in [0.15, 0.2) is 0 Å². The van der Waals surface area contributed by atoms with Crippen molar-refractivity contribution in [1.29, 1.82) is 0 Å². The second-order valence-corrected chi connectivity index (χ2v) is 9.13. The van der Waals surface area contributed by atoms with Gasteiger partial charge >= 0.3 is 5.97 Å². The maximum Gasteiger partial charge on any atom is 0.309 e. The van der Waals surface area contributed by atoms with Crippen molar-refractivity contribution in [2.45, 2.75) is 97.5 Å². The number of aliphatic hydroxyl groups is 3. The second kappa shape index (κ2) is 19.5. The second-order valence-electron chi connectivity index (χ2n) is 9.13. The quantitative estimate of drug-likeness (QED) is 0.163. The molecule has 0 saturated heterocycles. The average molecular weight is 503 g/mol. The van der Waals surface area contributed by atoms with Crippen molar-refractivity contribution in [2.24, 2.45) is 5.92 Å². The van der Waals surface area contributed by atoms with Gasteiger partial charge in [0.05, 0.1) is 32.3 Å². The number of esters is 1. The smallest absolute Gasteiger partial charge is 0.309 e. The monoisotopic (exact) mass is 502 g/mol. The third-order valence-corrected chi connectivity index (χ3v) is 6.66. The van der Waals surface area contributed by atoms with Crippen LogP contribution in [0.2, 0.25) is 0 Å². The van der Waals surface area contributed by atoms with Gasteiger partial charge in [-0.05, 0) is 38.5 Å². The Labute approximate surface area is 211 Å². The zero-order valence-electron chi connectivity index (χ0n) is 22.5. The molecule has 1 atom stereocenters. The van der Waals surface area contributed by atoms with Crippen LogP contribution in [-0.2, 0) is 19.1 Å². The fourth-order valence-corrected chi connectivity index (χ4v) is 4.12. The predicted octanol–water partition coefficient (Wildman–Crippen LogP) is 2.50. The SMILES string of the molecule is CCCCC(CC)C(=O)OC(CC)(CC)CN(CCO)C(=O)CCCCC(=O)N(CCO)CCO. The van der Waals surface area contributed by atoms with Gasteiger partial charge in [0, 0.05) is 32.5 Å². The lowest BCUT2D eigenvalue weighted by Crippen LogP contribution is -2.49. The molecule has 35 heavy (non-hydrogen) atoms. The molecular formula is C26H50N2O7. The van der Waals surface area contributed by atoms with E-state index < -0.39 is 5.60 Å². The molecule has 1 unspecified atom stereocenters. The van der Waals surface area contributed by atoms with Gasteiger partial charge in [0.2, 0.25) is 11.8 Å². The summed E-state index contributed by atoms with van der Waals surface area (Å²) in [5, 5.41) is 27.7. The first-order chi connectivity index (χ1) is 16.8. The molecule has 0 aliphatic heterocycles. The number of carbonyl (C=O) groups excluding carboxylic acids is 3. The molecule has 0 aliphatic rings. The predicted molar refractivity (Wildman–Crippen MR) is 136 cm³/mol. The number of hydrogen-bond acceptors (Lipinski definition) is 7. The standard InChI is InChI=1S/C26H50N2O7/c1-5-9-12-22(6-2)25(34)35-26(7-3,8-4)21-28(17-20-31)24(33)14-11-10-13-23(32)27(15-18-29)16-19-30/h22,29-31H,5-21H2,1-4H3. The van der Waals surface area contributed by atoms with Gasteiger partial charge in [-0.3, -0.25) is 14.4 Å². The minimum absolute atomic E-state index is 0.144. The van der Waals surface area contributed by atoms with Crippen molar-refractivity contribution in [2.75, 3.05) is 46.0 Å². The lowest BCUT2D eigenvalue weighted by molar-refractivity contribution is -0.170. The molecule has 9 nitrogen and oxygen atoms in total. The van der Waals surface area contributed by atoms with E-state index in [1.807, 2.05) is 20.8 Å². The normalized spacial score (nSPS) is 12.3. The molecule has 3 N–H and O–H groups in total. The number of carbonyl (C=O) groups is 3. The van der Waals surface area contributed by atoms with E-state index in [0.29, 0.717) is 32.1 Å². The third kappa shape index (κ3) is 12.7. The van der Waals surface area contributed by atoms with Gasteiger partial charge in [-0.1, -0.05) is 40.5 Å². The molecule has 0 aromatic carbocycles. The molecule has 9 heteroatoms. The molecule has 0 rings (SSSR count). The number of amides is 2. The first-order valence-corrected chi connectivity index (χ1v) is 13.4. The van der Waals surface area contributed by atoms with Crippen LogP contribution in [0.4, 0.5) is 0 Å². The average Bonchev–Trinajstić information content (AvgIpc) is 2.85. The van der Waals surface area contributed by atoms with Crippen molar-refractivity contribution in [3.8, 4) is 0 Å². The zero-order chi connectivity index (χ0) is 26.7. The summed E-state index contributed by atoms with van der Waals surface area (Å²) in [6, 6.07) is 0. The van der Waals surface area contributed by atoms with E-state index >= 15 is 0 Å². The lowest BCUT2D eigenvalue weighted by atomic mass is 9.94. The van der Waals surface area contributed by atoms with Crippen molar-refractivity contribution >= 4 is 17.8 Å². The van der Waals surface area contributed by atoms with Gasteiger partial charge < -0.3 is 29.9 Å². The first-order valence-electron chi connectivity index (χ1n) is 13.4. The number of rotatable bonds is 21. The van der Waals surface area contributed by atoms with Gasteiger partial charge in [0.1, 0.15) is 5.60 Å². The topological polar surface area (TPSA) is 128 Å². The van der Waals surface area contributed by atoms with Crippen molar-refractivity contribution in [1.82, 2.24) is 9.80 Å². The molecule has 0 aliphatic carbocycles. The van der Waals surface area contributed by atoms with E-state index in [1.165, 1.54) is 4.90 Å². The highest BCUT2D eigenvalue weighted by atomic mass is 16.6. The van der Waals surface area contributed by atoms with Crippen LogP contribution in [0.3, 0.4) is 0 Å². The maximum atomic E-state index is 13.0. The van der Waals surface area contributed by atoms with Crippen molar-refractivity contribution < 1.29 is 34.4 Å². The Kier molecular flexibility index (Phi) is 18.5. The number of unbranched alkanes of at least 4 members (excludes halogenated alkanes) is 2. The van der Waals surface area contributed by atoms with Gasteiger partial charge in [0.15, 0.2) is 0 Å². The Morgan fingerprint density at radius 3 is 1.69 bits per heavy atom. The Balaban J connectivity index is 5.04. The fraction of sp³-hybridized carbons (Fsp3) is 0.885. The highest BCUT2D eigenvalue weighted by Gasteiger charge is 2.36. The summed E-state index contributed by atoms with van der Waals surface area (Å²) in [6.07, 6.45) is 6.07. The molecule has 2 amide bonds. The molecule has 206 valence electrons. The van der Waals surface area contributed by atoms with E-state index in [2.05, 4.69) is 6.92 Å². The molecule has 0 saturated carbocycles. The number of aliphatic hydroxyl groups excluding tert-OH is 3. The van der Waals surface area contributed by atoms with Crippen LogP contribution in [0, 0.1) is 5.92 Å². The highest BCUT2D eigenvalue weighted by Crippen LogP contribution is 2.26. The highest BCUT2D eigenvalue weighted by molar-refractivity contribution is 5.77. The Morgan fingerprint density at radius 2 is 1.26 bits per heavy atom. The summed E-state index contributed by atoms with van der Waals surface area (Å²) in [7, 11) is 0. The molecule has 0 radical (unpaired) electrons. The van der Waals surface area contributed by atoms with Gasteiger partial charge in [0.25, 0.3) is 0 Å². The molecule has 0 bridgehead atoms. The third-order valence-electron chi connectivity index (χ3n) is 6.66. The fourth-order valence-electron chi connectivity index (χ4n) is 4.12. The van der Waals surface area contributed by atoms with E-state index in [9.17, 15) is 19.5 Å². The summed E-state index contributed by atoms with van der Waals surface area (Å²) in [4.78, 5) is 41.1. The van der Waals surface area contributed by atoms with Gasteiger partial charge in [-0.25, -0.2) is 0 Å². The molecule has 0 aromatic rings.